The molecule has 0 aliphatic heterocycles. The maximum absolute atomic E-state index is 11.6. The zero-order chi connectivity index (χ0) is 11.1. The minimum absolute atomic E-state index is 0.104. The van der Waals surface area contributed by atoms with Gasteiger partial charge in [-0.25, -0.2) is 0 Å². The molecule has 0 heterocycles. The second-order valence-electron chi connectivity index (χ2n) is 3.24. The summed E-state index contributed by atoms with van der Waals surface area (Å²) in [5.41, 5.74) is 0.647. The van der Waals surface area contributed by atoms with E-state index in [2.05, 4.69) is 34.7 Å². The van der Waals surface area contributed by atoms with E-state index in [1.54, 1.807) is 12.1 Å². The van der Waals surface area contributed by atoms with Crippen molar-refractivity contribution in [3.05, 3.63) is 34.3 Å². The molecule has 1 aromatic carbocycles. The summed E-state index contributed by atoms with van der Waals surface area (Å²) < 4.78 is 0.906. The maximum atomic E-state index is 11.6. The summed E-state index contributed by atoms with van der Waals surface area (Å²) in [6, 6.07) is 7.30. The largest absolute Gasteiger partial charge is 0.279 e. The number of rotatable bonds is 3. The summed E-state index contributed by atoms with van der Waals surface area (Å²) in [5, 5.41) is 0. The van der Waals surface area contributed by atoms with E-state index in [1.165, 1.54) is 0 Å². The SMILES string of the molecule is CCCCC#CC(=O)c1cccc(Br)c1. The smallest absolute Gasteiger partial charge is 0.235 e. The summed E-state index contributed by atoms with van der Waals surface area (Å²) in [5.74, 6) is 5.44. The Hall–Kier alpha value is -1.07. The van der Waals surface area contributed by atoms with Gasteiger partial charge in [-0.05, 0) is 24.5 Å². The van der Waals surface area contributed by atoms with Crippen molar-refractivity contribution in [2.45, 2.75) is 26.2 Å². The van der Waals surface area contributed by atoms with Gasteiger partial charge < -0.3 is 0 Å². The molecule has 0 amide bonds. The molecule has 0 spiro atoms. The third-order valence-corrected chi connectivity index (χ3v) is 2.44. The zero-order valence-corrected chi connectivity index (χ0v) is 10.3. The molecule has 0 fully saturated rings. The van der Waals surface area contributed by atoms with Crippen LogP contribution in [0.15, 0.2) is 28.7 Å². The fraction of sp³-hybridized carbons (Fsp3) is 0.308. The number of hydrogen-bond acceptors (Lipinski definition) is 1. The van der Waals surface area contributed by atoms with Crippen LogP contribution in [0.3, 0.4) is 0 Å². The van der Waals surface area contributed by atoms with Gasteiger partial charge >= 0.3 is 0 Å². The summed E-state index contributed by atoms with van der Waals surface area (Å²) in [7, 11) is 0. The Balaban J connectivity index is 2.63. The summed E-state index contributed by atoms with van der Waals surface area (Å²) in [6.07, 6.45) is 2.97. The van der Waals surface area contributed by atoms with Crippen LogP contribution in [-0.4, -0.2) is 5.78 Å². The first-order valence-corrected chi connectivity index (χ1v) is 5.82. The van der Waals surface area contributed by atoms with Gasteiger partial charge in [0.15, 0.2) is 0 Å². The standard InChI is InChI=1S/C13H13BrO/c1-2-3-4-5-9-13(15)11-7-6-8-12(14)10-11/h6-8,10H,2-4H2,1H3. The molecule has 0 radical (unpaired) electrons. The molecular weight excluding hydrogens is 252 g/mol. The van der Waals surface area contributed by atoms with Gasteiger partial charge in [-0.1, -0.05) is 47.3 Å². The molecular formula is C13H13BrO. The molecule has 0 N–H and O–H groups in total. The van der Waals surface area contributed by atoms with Gasteiger partial charge in [-0.2, -0.15) is 0 Å². The molecule has 0 saturated carbocycles. The van der Waals surface area contributed by atoms with E-state index in [0.29, 0.717) is 5.56 Å². The van der Waals surface area contributed by atoms with Gasteiger partial charge in [-0.15, -0.1) is 0 Å². The van der Waals surface area contributed by atoms with Crippen LogP contribution in [0.4, 0.5) is 0 Å². The third-order valence-electron chi connectivity index (χ3n) is 1.94. The zero-order valence-electron chi connectivity index (χ0n) is 8.72. The van der Waals surface area contributed by atoms with Gasteiger partial charge in [0.25, 0.3) is 0 Å². The minimum atomic E-state index is -0.104. The summed E-state index contributed by atoms with van der Waals surface area (Å²) in [6.45, 7) is 2.11. The van der Waals surface area contributed by atoms with Crippen LogP contribution in [0.1, 0.15) is 36.5 Å². The second-order valence-corrected chi connectivity index (χ2v) is 4.16. The van der Waals surface area contributed by atoms with Crippen molar-refractivity contribution in [3.8, 4) is 11.8 Å². The molecule has 2 heteroatoms. The van der Waals surface area contributed by atoms with Crippen molar-refractivity contribution in [2.75, 3.05) is 0 Å². The fourth-order valence-electron chi connectivity index (χ4n) is 1.11. The Labute approximate surface area is 99.0 Å². The van der Waals surface area contributed by atoms with Gasteiger partial charge in [0.1, 0.15) is 0 Å². The molecule has 0 aliphatic carbocycles. The molecule has 78 valence electrons. The average Bonchev–Trinajstić information content (AvgIpc) is 2.24. The minimum Gasteiger partial charge on any atom is -0.279 e. The number of carbonyl (C=O) groups is 1. The number of ketones is 1. The fourth-order valence-corrected chi connectivity index (χ4v) is 1.51. The lowest BCUT2D eigenvalue weighted by Gasteiger charge is -1.94. The number of carbonyl (C=O) groups excluding carboxylic acids is 1. The third kappa shape index (κ3) is 4.31. The van der Waals surface area contributed by atoms with Gasteiger partial charge in [0.05, 0.1) is 0 Å². The second kappa shape index (κ2) is 6.42. The van der Waals surface area contributed by atoms with Gasteiger partial charge in [-0.3, -0.25) is 4.79 Å². The quantitative estimate of drug-likeness (QED) is 0.351. The molecule has 0 aromatic heterocycles. The predicted octanol–water partition coefficient (Wildman–Crippen LogP) is 3.83. The van der Waals surface area contributed by atoms with Crippen LogP contribution in [0.2, 0.25) is 0 Å². The van der Waals surface area contributed by atoms with Crippen molar-refractivity contribution in [3.63, 3.8) is 0 Å². The Kier molecular flexibility index (Phi) is 5.14. The van der Waals surface area contributed by atoms with Crippen molar-refractivity contribution in [2.24, 2.45) is 0 Å². The molecule has 0 bridgehead atoms. The molecule has 0 saturated heterocycles. The van der Waals surface area contributed by atoms with Crippen LogP contribution in [0, 0.1) is 11.8 Å². The van der Waals surface area contributed by atoms with E-state index in [1.807, 2.05) is 12.1 Å². The average molecular weight is 265 g/mol. The summed E-state index contributed by atoms with van der Waals surface area (Å²) in [4.78, 5) is 11.6. The van der Waals surface area contributed by atoms with E-state index in [0.717, 1.165) is 23.7 Å². The van der Waals surface area contributed by atoms with E-state index in [9.17, 15) is 4.79 Å². The number of hydrogen-bond donors (Lipinski definition) is 0. The Morgan fingerprint density at radius 2 is 2.27 bits per heavy atom. The van der Waals surface area contributed by atoms with Crippen LogP contribution < -0.4 is 0 Å². The van der Waals surface area contributed by atoms with Gasteiger partial charge in [0.2, 0.25) is 5.78 Å². The normalized spacial score (nSPS) is 9.20. The highest BCUT2D eigenvalue weighted by Crippen LogP contribution is 2.11. The van der Waals surface area contributed by atoms with Crippen molar-refractivity contribution in [1.29, 1.82) is 0 Å². The number of unbranched alkanes of at least 4 members (excludes halogenated alkanes) is 2. The van der Waals surface area contributed by atoms with Gasteiger partial charge in [0, 0.05) is 16.5 Å². The highest BCUT2D eigenvalue weighted by molar-refractivity contribution is 9.10. The lowest BCUT2D eigenvalue weighted by molar-refractivity contribution is 0.105. The van der Waals surface area contributed by atoms with E-state index >= 15 is 0 Å². The van der Waals surface area contributed by atoms with Crippen LogP contribution in [0.5, 0.6) is 0 Å². The number of benzene rings is 1. The first-order valence-electron chi connectivity index (χ1n) is 5.03. The molecule has 0 aliphatic rings. The number of Topliss-reactive ketones (excluding diaryl/α,β-unsaturated/α-hetero) is 1. The molecule has 0 unspecified atom stereocenters. The predicted molar refractivity (Wildman–Crippen MR) is 65.8 cm³/mol. The Morgan fingerprint density at radius 3 is 2.93 bits per heavy atom. The lowest BCUT2D eigenvalue weighted by atomic mass is 10.1. The summed E-state index contributed by atoms with van der Waals surface area (Å²) >= 11 is 3.32. The van der Waals surface area contributed by atoms with Crippen molar-refractivity contribution in [1.82, 2.24) is 0 Å². The molecule has 15 heavy (non-hydrogen) atoms. The van der Waals surface area contributed by atoms with Crippen molar-refractivity contribution >= 4 is 21.7 Å². The molecule has 1 rings (SSSR count). The van der Waals surface area contributed by atoms with E-state index in [4.69, 9.17) is 0 Å². The number of halogens is 1. The highest BCUT2D eigenvalue weighted by atomic mass is 79.9. The first-order chi connectivity index (χ1) is 7.24. The van der Waals surface area contributed by atoms with Crippen molar-refractivity contribution < 1.29 is 4.79 Å². The molecule has 0 atom stereocenters. The first kappa shape index (κ1) is 12.0. The lowest BCUT2D eigenvalue weighted by Crippen LogP contribution is -1.94. The molecule has 1 nitrogen and oxygen atoms in total. The molecule has 1 aromatic rings. The van der Waals surface area contributed by atoms with Crippen LogP contribution in [-0.2, 0) is 0 Å². The monoisotopic (exact) mass is 264 g/mol. The maximum Gasteiger partial charge on any atom is 0.235 e. The topological polar surface area (TPSA) is 17.1 Å². The Morgan fingerprint density at radius 1 is 1.47 bits per heavy atom. The Bertz CT molecular complexity index is 398. The highest BCUT2D eigenvalue weighted by Gasteiger charge is 2.00. The van der Waals surface area contributed by atoms with Crippen LogP contribution >= 0.6 is 15.9 Å². The van der Waals surface area contributed by atoms with Crippen LogP contribution in [0.25, 0.3) is 0 Å². The van der Waals surface area contributed by atoms with E-state index in [-0.39, 0.29) is 5.78 Å². The van der Waals surface area contributed by atoms with E-state index < -0.39 is 0 Å².